The first-order valence-electron chi connectivity index (χ1n) is 9.52. The standard InChI is InChI=1S/C19H22F3N3O3S2/c20-19(21,22)15-7-5-14(6-8-15)12-16-13-23-18(29-16)24-17(26)4-3-11-30(27,28)25-9-1-2-10-25/h5-8,13H,1-4,9-12H2,(H,23,24,26). The Bertz CT molecular complexity index is 967. The number of alkyl halides is 3. The van der Waals surface area contributed by atoms with Gasteiger partial charge in [-0.15, -0.1) is 11.3 Å². The number of aromatic nitrogens is 1. The summed E-state index contributed by atoms with van der Waals surface area (Å²) in [5.74, 6) is -0.376. The molecule has 2 aromatic rings. The number of halogens is 3. The molecule has 1 aliphatic heterocycles. The zero-order valence-electron chi connectivity index (χ0n) is 16.1. The fraction of sp³-hybridized carbons (Fsp3) is 0.474. The number of carbonyl (C=O) groups excluding carboxylic acids is 1. The van der Waals surface area contributed by atoms with Gasteiger partial charge in [0.05, 0.1) is 11.3 Å². The second-order valence-electron chi connectivity index (χ2n) is 7.08. The van der Waals surface area contributed by atoms with E-state index >= 15 is 0 Å². The van der Waals surface area contributed by atoms with Crippen LogP contribution in [-0.2, 0) is 27.4 Å². The molecule has 6 nitrogen and oxygen atoms in total. The third kappa shape index (κ3) is 6.26. The SMILES string of the molecule is O=C(CCCS(=O)(=O)N1CCCC1)Nc1ncc(Cc2ccc(C(F)(F)F)cc2)s1. The highest BCUT2D eigenvalue weighted by molar-refractivity contribution is 7.89. The van der Waals surface area contributed by atoms with Crippen LogP contribution in [0.25, 0.3) is 0 Å². The molecule has 1 amide bonds. The molecular weight excluding hydrogens is 439 g/mol. The van der Waals surface area contributed by atoms with Crippen LogP contribution in [0.5, 0.6) is 0 Å². The van der Waals surface area contributed by atoms with Gasteiger partial charge in [0.1, 0.15) is 0 Å². The minimum absolute atomic E-state index is 0.0581. The molecule has 1 aliphatic rings. The lowest BCUT2D eigenvalue weighted by Crippen LogP contribution is -2.30. The predicted molar refractivity (Wildman–Crippen MR) is 109 cm³/mol. The summed E-state index contributed by atoms with van der Waals surface area (Å²) in [4.78, 5) is 17.0. The van der Waals surface area contributed by atoms with Gasteiger partial charge in [0.15, 0.2) is 5.13 Å². The molecule has 0 spiro atoms. The van der Waals surface area contributed by atoms with Crippen molar-refractivity contribution in [2.45, 2.75) is 38.3 Å². The maximum absolute atomic E-state index is 12.6. The quantitative estimate of drug-likeness (QED) is 0.647. The molecule has 2 heterocycles. The van der Waals surface area contributed by atoms with Crippen LogP contribution in [0.15, 0.2) is 30.5 Å². The van der Waals surface area contributed by atoms with E-state index in [9.17, 15) is 26.4 Å². The molecule has 0 unspecified atom stereocenters. The zero-order valence-corrected chi connectivity index (χ0v) is 17.7. The van der Waals surface area contributed by atoms with Crippen molar-refractivity contribution >= 4 is 32.4 Å². The van der Waals surface area contributed by atoms with Crippen molar-refractivity contribution in [1.29, 1.82) is 0 Å². The van der Waals surface area contributed by atoms with E-state index in [0.717, 1.165) is 29.9 Å². The Kier molecular flexibility index (Phi) is 7.14. The molecule has 1 saturated heterocycles. The van der Waals surface area contributed by atoms with Crippen LogP contribution in [0.1, 0.15) is 41.7 Å². The van der Waals surface area contributed by atoms with Gasteiger partial charge < -0.3 is 5.32 Å². The van der Waals surface area contributed by atoms with Crippen LogP contribution in [0, 0.1) is 0 Å². The lowest BCUT2D eigenvalue weighted by Gasteiger charge is -2.14. The largest absolute Gasteiger partial charge is 0.416 e. The summed E-state index contributed by atoms with van der Waals surface area (Å²) in [7, 11) is -3.30. The van der Waals surface area contributed by atoms with E-state index in [1.165, 1.54) is 27.8 Å². The number of hydrogen-bond donors (Lipinski definition) is 1. The first-order valence-corrected chi connectivity index (χ1v) is 11.9. The van der Waals surface area contributed by atoms with Crippen LogP contribution in [0.2, 0.25) is 0 Å². The Labute approximate surface area is 177 Å². The normalized spacial score (nSPS) is 15.4. The van der Waals surface area contributed by atoms with E-state index < -0.39 is 21.8 Å². The minimum Gasteiger partial charge on any atom is -0.302 e. The average molecular weight is 462 g/mol. The van der Waals surface area contributed by atoms with Gasteiger partial charge in [-0.05, 0) is 37.0 Å². The third-order valence-corrected chi connectivity index (χ3v) is 7.59. The number of sulfonamides is 1. The number of thiazole rings is 1. The molecule has 0 saturated carbocycles. The van der Waals surface area contributed by atoms with Gasteiger partial charge in [-0.25, -0.2) is 17.7 Å². The molecule has 11 heteroatoms. The van der Waals surface area contributed by atoms with E-state index in [4.69, 9.17) is 0 Å². The van der Waals surface area contributed by atoms with E-state index in [1.54, 1.807) is 6.20 Å². The Morgan fingerprint density at radius 2 is 1.83 bits per heavy atom. The summed E-state index contributed by atoms with van der Waals surface area (Å²) in [5, 5.41) is 3.02. The highest BCUT2D eigenvalue weighted by atomic mass is 32.2. The molecule has 0 radical (unpaired) electrons. The van der Waals surface area contributed by atoms with Crippen molar-refractivity contribution in [3.63, 3.8) is 0 Å². The number of amides is 1. The van der Waals surface area contributed by atoms with Crippen LogP contribution in [0.4, 0.5) is 18.3 Å². The second kappa shape index (κ2) is 9.44. The summed E-state index contributed by atoms with van der Waals surface area (Å²) in [5.41, 5.74) is 0.00639. The first-order chi connectivity index (χ1) is 14.1. The lowest BCUT2D eigenvalue weighted by molar-refractivity contribution is -0.137. The van der Waals surface area contributed by atoms with Crippen LogP contribution >= 0.6 is 11.3 Å². The van der Waals surface area contributed by atoms with Gasteiger partial charge in [0, 0.05) is 37.0 Å². The summed E-state index contributed by atoms with van der Waals surface area (Å²) in [6, 6.07) is 4.91. The van der Waals surface area contributed by atoms with Gasteiger partial charge in [-0.3, -0.25) is 4.79 Å². The van der Waals surface area contributed by atoms with E-state index in [-0.39, 0.29) is 24.5 Å². The molecule has 30 heavy (non-hydrogen) atoms. The summed E-state index contributed by atoms with van der Waals surface area (Å²) in [6.45, 7) is 1.10. The van der Waals surface area contributed by atoms with Gasteiger partial charge in [-0.2, -0.15) is 13.2 Å². The molecule has 3 rings (SSSR count). The van der Waals surface area contributed by atoms with Crippen molar-refractivity contribution in [3.05, 3.63) is 46.5 Å². The molecule has 0 bridgehead atoms. The maximum Gasteiger partial charge on any atom is 0.416 e. The monoisotopic (exact) mass is 461 g/mol. The fourth-order valence-corrected chi connectivity index (χ4v) is 5.60. The smallest absolute Gasteiger partial charge is 0.302 e. The highest BCUT2D eigenvalue weighted by Crippen LogP contribution is 2.30. The third-order valence-electron chi connectivity index (χ3n) is 4.72. The molecular formula is C19H22F3N3O3S2. The van der Waals surface area contributed by atoms with E-state index in [2.05, 4.69) is 10.3 Å². The number of anilines is 1. The Morgan fingerprint density at radius 3 is 2.47 bits per heavy atom. The zero-order chi connectivity index (χ0) is 21.8. The number of rotatable bonds is 8. The van der Waals surface area contributed by atoms with Gasteiger partial charge >= 0.3 is 6.18 Å². The van der Waals surface area contributed by atoms with Gasteiger partial charge in [-0.1, -0.05) is 12.1 Å². The molecule has 1 fully saturated rings. The average Bonchev–Trinajstić information content (AvgIpc) is 3.34. The van der Waals surface area contributed by atoms with Gasteiger partial charge in [0.25, 0.3) is 0 Å². The van der Waals surface area contributed by atoms with E-state index in [1.807, 2.05) is 0 Å². The van der Waals surface area contributed by atoms with E-state index in [0.29, 0.717) is 30.2 Å². The number of nitrogens with zero attached hydrogens (tertiary/aromatic N) is 2. The lowest BCUT2D eigenvalue weighted by atomic mass is 10.1. The van der Waals surface area contributed by atoms with Crippen LogP contribution in [0.3, 0.4) is 0 Å². The molecule has 0 aliphatic carbocycles. The molecule has 0 atom stereocenters. The summed E-state index contributed by atoms with van der Waals surface area (Å²) in [6.07, 6.45) is -0.351. The summed E-state index contributed by atoms with van der Waals surface area (Å²) < 4.78 is 63.6. The minimum atomic E-state index is -4.37. The van der Waals surface area contributed by atoms with Crippen molar-refractivity contribution < 1.29 is 26.4 Å². The first kappa shape index (κ1) is 22.7. The number of hydrogen-bond acceptors (Lipinski definition) is 5. The maximum atomic E-state index is 12.6. The number of benzene rings is 1. The van der Waals surface area contributed by atoms with Crippen molar-refractivity contribution in [2.75, 3.05) is 24.2 Å². The molecule has 1 aromatic carbocycles. The van der Waals surface area contributed by atoms with Crippen molar-refractivity contribution in [2.24, 2.45) is 0 Å². The number of nitrogens with one attached hydrogen (secondary N) is 1. The fourth-order valence-electron chi connectivity index (χ4n) is 3.15. The predicted octanol–water partition coefficient (Wildman–Crippen LogP) is 3.90. The van der Waals surface area contributed by atoms with Crippen LogP contribution < -0.4 is 5.32 Å². The Balaban J connectivity index is 1.46. The summed E-state index contributed by atoms with van der Waals surface area (Å²) >= 11 is 1.23. The molecule has 1 N–H and O–H groups in total. The topological polar surface area (TPSA) is 79.4 Å². The van der Waals surface area contributed by atoms with Crippen LogP contribution in [-0.4, -0.2) is 42.5 Å². The number of carbonyl (C=O) groups is 1. The van der Waals surface area contributed by atoms with Crippen molar-refractivity contribution in [3.8, 4) is 0 Å². The molecule has 1 aromatic heterocycles. The Morgan fingerprint density at radius 1 is 1.17 bits per heavy atom. The van der Waals surface area contributed by atoms with Crippen molar-refractivity contribution in [1.82, 2.24) is 9.29 Å². The highest BCUT2D eigenvalue weighted by Gasteiger charge is 2.30. The Hall–Kier alpha value is -1.98. The molecule has 164 valence electrons. The van der Waals surface area contributed by atoms with Gasteiger partial charge in [0.2, 0.25) is 15.9 Å². The second-order valence-corrected chi connectivity index (χ2v) is 10.3.